The van der Waals surface area contributed by atoms with Crippen molar-refractivity contribution in [1.82, 2.24) is 4.90 Å². The Morgan fingerprint density at radius 2 is 1.51 bits per heavy atom. The minimum atomic E-state index is -4.47. The van der Waals surface area contributed by atoms with E-state index in [1.54, 1.807) is 29.2 Å². The van der Waals surface area contributed by atoms with Crippen LogP contribution >= 0.6 is 11.8 Å². The highest BCUT2D eigenvalue weighted by molar-refractivity contribution is 7.98. The molecule has 0 saturated carbocycles. The SMILES string of the molecule is O=C(c1ccc(CSc2c(F)c(F)cc(F)c2F)cc1)N1[C@H]2CC[C@H]1CC(Oc1cccc(C(F)(F)F)c1)C2. The summed E-state index contributed by atoms with van der Waals surface area (Å²) in [5.74, 6) is -5.89. The van der Waals surface area contributed by atoms with Gasteiger partial charge in [-0.1, -0.05) is 18.2 Å². The average molecular weight is 570 g/mol. The van der Waals surface area contributed by atoms with E-state index in [2.05, 4.69) is 0 Å². The number of fused-ring (bicyclic) bond motifs is 2. The van der Waals surface area contributed by atoms with Crippen LogP contribution in [-0.2, 0) is 11.9 Å². The van der Waals surface area contributed by atoms with Crippen molar-refractivity contribution in [1.29, 1.82) is 0 Å². The van der Waals surface area contributed by atoms with E-state index in [4.69, 9.17) is 4.74 Å². The fourth-order valence-corrected chi connectivity index (χ4v) is 6.17. The van der Waals surface area contributed by atoms with Gasteiger partial charge in [0.1, 0.15) is 11.9 Å². The molecule has 2 bridgehead atoms. The second kappa shape index (κ2) is 10.7. The Bertz CT molecular complexity index is 1340. The number of piperidine rings is 1. The molecule has 3 aromatic carbocycles. The summed E-state index contributed by atoms with van der Waals surface area (Å²) in [5, 5.41) is 0. The predicted octanol–water partition coefficient (Wildman–Crippen LogP) is 7.77. The fraction of sp³-hybridized carbons (Fsp3) is 0.321. The Labute approximate surface area is 224 Å². The molecular formula is C28H22F7NO2S. The summed E-state index contributed by atoms with van der Waals surface area (Å²) in [7, 11) is 0. The number of rotatable bonds is 6. The van der Waals surface area contributed by atoms with Crippen molar-refractivity contribution in [2.75, 3.05) is 0 Å². The molecule has 2 aliphatic heterocycles. The first-order valence-corrected chi connectivity index (χ1v) is 13.2. The number of thioether (sulfide) groups is 1. The Morgan fingerprint density at radius 1 is 0.897 bits per heavy atom. The molecule has 0 N–H and O–H groups in total. The van der Waals surface area contributed by atoms with Gasteiger partial charge in [0.2, 0.25) is 0 Å². The van der Waals surface area contributed by atoms with Gasteiger partial charge >= 0.3 is 6.18 Å². The number of hydrogen-bond acceptors (Lipinski definition) is 3. The maximum atomic E-state index is 13.9. The summed E-state index contributed by atoms with van der Waals surface area (Å²) in [6.45, 7) is 0. The molecule has 0 spiro atoms. The van der Waals surface area contributed by atoms with E-state index in [1.165, 1.54) is 12.1 Å². The largest absolute Gasteiger partial charge is 0.490 e. The zero-order valence-electron chi connectivity index (χ0n) is 20.3. The van der Waals surface area contributed by atoms with Crippen molar-refractivity contribution in [3.05, 3.63) is 94.6 Å². The second-order valence-corrected chi connectivity index (χ2v) is 10.6. The number of ether oxygens (including phenoxy) is 1. The second-order valence-electron chi connectivity index (χ2n) is 9.62. The standard InChI is InChI=1S/C28H22F7NO2S/c29-22-13-23(30)25(32)26(24(22)31)39-14-15-4-6-16(7-5-15)27(37)36-18-8-9-19(36)12-21(11-18)38-20-3-1-2-17(10-20)28(33,34)35/h1-7,10,13,18-19,21H,8-9,11-12,14H2/t18-,19-/m0/s1. The van der Waals surface area contributed by atoms with Crippen molar-refractivity contribution in [3.63, 3.8) is 0 Å². The van der Waals surface area contributed by atoms with Crippen molar-refractivity contribution >= 4 is 17.7 Å². The average Bonchev–Trinajstić information content (AvgIpc) is 3.17. The van der Waals surface area contributed by atoms with Crippen LogP contribution in [-0.4, -0.2) is 29.0 Å². The summed E-state index contributed by atoms with van der Waals surface area (Å²) in [5.41, 5.74) is 0.221. The van der Waals surface area contributed by atoms with Crippen molar-refractivity contribution in [3.8, 4) is 5.75 Å². The van der Waals surface area contributed by atoms with Crippen LogP contribution in [0.1, 0.15) is 47.2 Å². The molecule has 2 aliphatic rings. The van der Waals surface area contributed by atoms with Crippen molar-refractivity contribution < 1.29 is 40.3 Å². The molecular weight excluding hydrogens is 547 g/mol. The Hall–Kier alpha value is -3.21. The monoisotopic (exact) mass is 569 g/mol. The number of alkyl halides is 3. The van der Waals surface area contributed by atoms with Gasteiger partial charge in [0.25, 0.3) is 5.91 Å². The van der Waals surface area contributed by atoms with E-state index in [1.807, 2.05) is 0 Å². The first-order chi connectivity index (χ1) is 18.5. The lowest BCUT2D eigenvalue weighted by molar-refractivity contribution is -0.137. The number of carbonyl (C=O) groups excluding carboxylic acids is 1. The molecule has 2 saturated heterocycles. The van der Waals surface area contributed by atoms with Crippen molar-refractivity contribution in [2.45, 2.75) is 60.7 Å². The highest BCUT2D eigenvalue weighted by Crippen LogP contribution is 2.39. The van der Waals surface area contributed by atoms with Gasteiger partial charge in [0.15, 0.2) is 23.3 Å². The molecule has 11 heteroatoms. The minimum Gasteiger partial charge on any atom is -0.490 e. The van der Waals surface area contributed by atoms with Crippen LogP contribution in [0.3, 0.4) is 0 Å². The maximum Gasteiger partial charge on any atom is 0.416 e. The summed E-state index contributed by atoms with van der Waals surface area (Å²) < 4.78 is 99.7. The first-order valence-electron chi connectivity index (χ1n) is 12.2. The number of nitrogens with zero attached hydrogens (tertiary/aromatic N) is 1. The van der Waals surface area contributed by atoms with Crippen LogP contribution in [0.15, 0.2) is 59.5 Å². The topological polar surface area (TPSA) is 29.5 Å². The van der Waals surface area contributed by atoms with E-state index in [0.717, 1.165) is 25.0 Å². The Balaban J connectivity index is 1.21. The van der Waals surface area contributed by atoms with Gasteiger partial charge in [-0.2, -0.15) is 13.2 Å². The molecule has 2 atom stereocenters. The third-order valence-corrected chi connectivity index (χ3v) is 8.17. The van der Waals surface area contributed by atoms with Crippen LogP contribution in [0, 0.1) is 23.3 Å². The van der Waals surface area contributed by atoms with Gasteiger partial charge in [-0.15, -0.1) is 11.8 Å². The van der Waals surface area contributed by atoms with Crippen LogP contribution in [0.4, 0.5) is 30.7 Å². The van der Waals surface area contributed by atoms with Crippen LogP contribution in [0.25, 0.3) is 0 Å². The molecule has 0 aromatic heterocycles. The molecule has 39 heavy (non-hydrogen) atoms. The molecule has 5 rings (SSSR count). The molecule has 3 nitrogen and oxygen atoms in total. The van der Waals surface area contributed by atoms with Gasteiger partial charge in [-0.3, -0.25) is 4.79 Å². The summed E-state index contributed by atoms with van der Waals surface area (Å²) >= 11 is 0.610. The number of benzene rings is 3. The minimum absolute atomic E-state index is 0.0225. The molecule has 3 aromatic rings. The number of hydrogen-bond donors (Lipinski definition) is 0. The van der Waals surface area contributed by atoms with Crippen molar-refractivity contribution in [2.24, 2.45) is 0 Å². The van der Waals surface area contributed by atoms with Crippen LogP contribution in [0.5, 0.6) is 5.75 Å². The van der Waals surface area contributed by atoms with Gasteiger partial charge in [0.05, 0.1) is 10.5 Å². The number of carbonyl (C=O) groups is 1. The van der Waals surface area contributed by atoms with Gasteiger partial charge in [-0.25, -0.2) is 17.6 Å². The van der Waals surface area contributed by atoms with Crippen LogP contribution < -0.4 is 4.74 Å². The predicted molar refractivity (Wildman–Crippen MR) is 130 cm³/mol. The highest BCUT2D eigenvalue weighted by atomic mass is 32.2. The number of amides is 1. The lowest BCUT2D eigenvalue weighted by Crippen LogP contribution is -2.49. The van der Waals surface area contributed by atoms with E-state index < -0.39 is 39.9 Å². The third-order valence-electron chi connectivity index (χ3n) is 7.04. The molecule has 0 aliphatic carbocycles. The lowest BCUT2D eigenvalue weighted by Gasteiger charge is -2.39. The quantitative estimate of drug-likeness (QED) is 0.173. The van der Waals surface area contributed by atoms with Gasteiger partial charge in [0, 0.05) is 42.3 Å². The Morgan fingerprint density at radius 3 is 2.10 bits per heavy atom. The van der Waals surface area contributed by atoms with Gasteiger partial charge < -0.3 is 9.64 Å². The molecule has 0 unspecified atom stereocenters. The highest BCUT2D eigenvalue weighted by Gasteiger charge is 2.44. The molecule has 1 amide bonds. The Kier molecular flexibility index (Phi) is 7.54. The lowest BCUT2D eigenvalue weighted by atomic mass is 9.98. The first kappa shape index (κ1) is 27.4. The summed E-state index contributed by atoms with van der Waals surface area (Å²) in [6, 6.07) is 11.1. The maximum absolute atomic E-state index is 13.9. The van der Waals surface area contributed by atoms with E-state index in [-0.39, 0.29) is 41.7 Å². The molecule has 2 fully saturated rings. The van der Waals surface area contributed by atoms with Crippen LogP contribution in [0.2, 0.25) is 0 Å². The molecule has 0 radical (unpaired) electrons. The van der Waals surface area contributed by atoms with Gasteiger partial charge in [-0.05, 0) is 48.7 Å². The van der Waals surface area contributed by atoms with E-state index in [0.29, 0.717) is 35.7 Å². The third kappa shape index (κ3) is 5.73. The molecule has 206 valence electrons. The zero-order valence-corrected chi connectivity index (χ0v) is 21.1. The molecule has 2 heterocycles. The summed E-state index contributed by atoms with van der Waals surface area (Å²) in [4.78, 5) is 14.4. The normalized spacial score (nSPS) is 20.8. The fourth-order valence-electron chi connectivity index (χ4n) is 5.22. The number of halogens is 7. The van der Waals surface area contributed by atoms with E-state index >= 15 is 0 Å². The smallest absolute Gasteiger partial charge is 0.416 e. The zero-order chi connectivity index (χ0) is 27.9. The van der Waals surface area contributed by atoms with E-state index in [9.17, 15) is 35.5 Å². The summed E-state index contributed by atoms with van der Waals surface area (Å²) in [6.07, 6.45) is -2.28.